The number of hydrogen-bond donors (Lipinski definition) is 3. The average Bonchev–Trinajstić information content (AvgIpc) is 3.01. The molecule has 44 heavy (non-hydrogen) atoms. The third-order valence-electron chi connectivity index (χ3n) is 5.64. The van der Waals surface area contributed by atoms with Gasteiger partial charge in [0.25, 0.3) is 0 Å². The van der Waals surface area contributed by atoms with Crippen molar-refractivity contribution in [2.45, 2.75) is 90.6 Å². The van der Waals surface area contributed by atoms with E-state index in [9.17, 15) is 24.2 Å². The van der Waals surface area contributed by atoms with Gasteiger partial charge in [0.15, 0.2) is 0 Å². The van der Waals surface area contributed by atoms with E-state index in [1.807, 2.05) is 6.08 Å². The number of aliphatic hydroxyl groups is 1. The Kier molecular flexibility index (Phi) is 28.3. The molecule has 248 valence electrons. The standard InChI is InChI=1S/C34H54NO8P/c1-3-5-6-7-8-9-10-11-12-13-14-15-16-17-18-19-20-21-22-23-24-25-26-27-33(37)35-28-29-42-44(39,40)43-31-32(36)30-41-34(38)4-2/h5-6,8-9,11-12,14-15,17-18,20-21,23-24,32,36H,3-4,7,10,13,16,19,22,25-31H2,1-2H3,(H,35,37)(H,39,40)/b6-5-,9-8-,12-11-,15-14-,18-17-,21-20-,24-23-. The van der Waals surface area contributed by atoms with Crippen molar-refractivity contribution >= 4 is 19.7 Å². The van der Waals surface area contributed by atoms with Crippen molar-refractivity contribution in [1.82, 2.24) is 5.32 Å². The van der Waals surface area contributed by atoms with Gasteiger partial charge in [0.1, 0.15) is 12.7 Å². The van der Waals surface area contributed by atoms with Gasteiger partial charge in [-0.25, -0.2) is 4.57 Å². The molecule has 0 heterocycles. The molecule has 0 bridgehead atoms. The molecule has 9 nitrogen and oxygen atoms in total. The predicted molar refractivity (Wildman–Crippen MR) is 178 cm³/mol. The minimum absolute atomic E-state index is 0.0436. The zero-order valence-electron chi connectivity index (χ0n) is 26.6. The first-order valence-corrected chi connectivity index (χ1v) is 17.1. The van der Waals surface area contributed by atoms with Crippen molar-refractivity contribution in [3.05, 3.63) is 85.1 Å². The molecule has 0 radical (unpaired) electrons. The van der Waals surface area contributed by atoms with Crippen molar-refractivity contribution in [3.8, 4) is 0 Å². The van der Waals surface area contributed by atoms with Crippen LogP contribution in [0.3, 0.4) is 0 Å². The van der Waals surface area contributed by atoms with E-state index in [1.54, 1.807) is 6.92 Å². The Morgan fingerprint density at radius 3 is 1.68 bits per heavy atom. The van der Waals surface area contributed by atoms with Crippen LogP contribution in [-0.2, 0) is 27.9 Å². The lowest BCUT2D eigenvalue weighted by molar-refractivity contribution is -0.146. The van der Waals surface area contributed by atoms with Crippen LogP contribution >= 0.6 is 7.82 Å². The van der Waals surface area contributed by atoms with E-state index in [0.717, 1.165) is 51.4 Å². The number of ether oxygens (including phenoxy) is 1. The highest BCUT2D eigenvalue weighted by Gasteiger charge is 2.23. The fourth-order valence-electron chi connectivity index (χ4n) is 3.29. The van der Waals surface area contributed by atoms with Crippen molar-refractivity contribution in [3.63, 3.8) is 0 Å². The number of rotatable bonds is 27. The second kappa shape index (κ2) is 30.2. The van der Waals surface area contributed by atoms with Crippen molar-refractivity contribution in [2.75, 3.05) is 26.4 Å². The summed E-state index contributed by atoms with van der Waals surface area (Å²) < 4.78 is 25.9. The molecule has 0 saturated heterocycles. The van der Waals surface area contributed by atoms with E-state index >= 15 is 0 Å². The van der Waals surface area contributed by atoms with Gasteiger partial charge in [-0.1, -0.05) is 98.9 Å². The van der Waals surface area contributed by atoms with Crippen LogP contribution in [0.1, 0.15) is 84.5 Å². The molecule has 0 spiro atoms. The molecule has 3 N–H and O–H groups in total. The van der Waals surface area contributed by atoms with Crippen LogP contribution in [0, 0.1) is 0 Å². The van der Waals surface area contributed by atoms with Gasteiger partial charge in [-0.2, -0.15) is 0 Å². The number of nitrogens with one attached hydrogen (secondary N) is 1. The number of amides is 1. The zero-order chi connectivity index (χ0) is 32.6. The van der Waals surface area contributed by atoms with E-state index in [2.05, 4.69) is 95.8 Å². The van der Waals surface area contributed by atoms with E-state index in [0.29, 0.717) is 12.8 Å². The van der Waals surface area contributed by atoms with E-state index < -0.39 is 26.5 Å². The predicted octanol–water partition coefficient (Wildman–Crippen LogP) is 7.36. The molecule has 0 rings (SSSR count). The maximum Gasteiger partial charge on any atom is 0.472 e. The number of carbonyl (C=O) groups excluding carboxylic acids is 2. The molecule has 0 aliphatic carbocycles. The first-order chi connectivity index (χ1) is 21.3. The summed E-state index contributed by atoms with van der Waals surface area (Å²) in [5.41, 5.74) is 0. The van der Waals surface area contributed by atoms with Crippen LogP contribution in [0.4, 0.5) is 0 Å². The molecule has 0 saturated carbocycles. The van der Waals surface area contributed by atoms with E-state index in [4.69, 9.17) is 9.26 Å². The van der Waals surface area contributed by atoms with Gasteiger partial charge in [-0.3, -0.25) is 18.6 Å². The largest absolute Gasteiger partial charge is 0.472 e. The van der Waals surface area contributed by atoms with Crippen LogP contribution in [0.2, 0.25) is 0 Å². The van der Waals surface area contributed by atoms with Crippen LogP contribution in [0.25, 0.3) is 0 Å². The number of unbranched alkanes of at least 4 members (excludes halogenated alkanes) is 1. The quantitative estimate of drug-likeness (QED) is 0.0369. The lowest BCUT2D eigenvalue weighted by Gasteiger charge is -2.15. The van der Waals surface area contributed by atoms with Crippen LogP contribution in [-0.4, -0.2) is 54.3 Å². The van der Waals surface area contributed by atoms with Gasteiger partial charge in [0, 0.05) is 19.4 Å². The summed E-state index contributed by atoms with van der Waals surface area (Å²) in [6.45, 7) is 2.68. The lowest BCUT2D eigenvalue weighted by atomic mass is 10.2. The molecular formula is C34H54NO8P. The number of phosphoric ester groups is 1. The number of carbonyl (C=O) groups is 2. The highest BCUT2D eigenvalue weighted by atomic mass is 31.2. The third-order valence-corrected chi connectivity index (χ3v) is 6.63. The van der Waals surface area contributed by atoms with Crippen LogP contribution < -0.4 is 5.32 Å². The van der Waals surface area contributed by atoms with Crippen LogP contribution in [0.5, 0.6) is 0 Å². The molecule has 0 aromatic heterocycles. The van der Waals surface area contributed by atoms with Gasteiger partial charge in [0.05, 0.1) is 13.2 Å². The summed E-state index contributed by atoms with van der Waals surface area (Å²) in [6, 6.07) is 0. The zero-order valence-corrected chi connectivity index (χ0v) is 27.5. The maximum atomic E-state index is 11.9. The number of phosphoric acid groups is 1. The Hall–Kier alpha value is -2.81. The monoisotopic (exact) mass is 635 g/mol. The van der Waals surface area contributed by atoms with Gasteiger partial charge in [-0.05, 0) is 57.8 Å². The minimum Gasteiger partial charge on any atom is -0.463 e. The minimum atomic E-state index is -4.40. The fourth-order valence-corrected chi connectivity index (χ4v) is 4.04. The Bertz CT molecular complexity index is 997. The van der Waals surface area contributed by atoms with Gasteiger partial charge in [0.2, 0.25) is 5.91 Å². The summed E-state index contributed by atoms with van der Waals surface area (Å²) in [6.07, 6.45) is 37.7. The van der Waals surface area contributed by atoms with E-state index in [-0.39, 0.29) is 32.1 Å². The number of allylic oxidation sites excluding steroid dienone is 14. The van der Waals surface area contributed by atoms with Crippen molar-refractivity contribution < 1.29 is 37.9 Å². The normalized spacial score (nSPS) is 14.7. The first-order valence-electron chi connectivity index (χ1n) is 15.6. The Morgan fingerprint density at radius 2 is 1.20 bits per heavy atom. The highest BCUT2D eigenvalue weighted by Crippen LogP contribution is 2.42. The van der Waals surface area contributed by atoms with Crippen molar-refractivity contribution in [2.24, 2.45) is 0 Å². The molecule has 0 aromatic carbocycles. The molecule has 1 amide bonds. The van der Waals surface area contributed by atoms with E-state index in [1.165, 1.54) is 0 Å². The number of hydrogen-bond acceptors (Lipinski definition) is 7. The second-order valence-corrected chi connectivity index (χ2v) is 11.1. The summed E-state index contributed by atoms with van der Waals surface area (Å²) in [7, 11) is -4.40. The van der Waals surface area contributed by atoms with Crippen LogP contribution in [0.15, 0.2) is 85.1 Å². The second-order valence-electron chi connectivity index (χ2n) is 9.65. The molecule has 0 aliphatic heterocycles. The topological polar surface area (TPSA) is 131 Å². The SMILES string of the molecule is CC/C=C\C/C=C\C/C=C\C/C=C\C/C=C\C/C=C\C/C=C\CCCC(=O)NCCOP(=O)(O)OCC(O)COC(=O)CC. The van der Waals surface area contributed by atoms with Gasteiger partial charge >= 0.3 is 13.8 Å². The molecule has 0 fully saturated rings. The maximum absolute atomic E-state index is 11.9. The smallest absolute Gasteiger partial charge is 0.463 e. The summed E-state index contributed by atoms with van der Waals surface area (Å²) in [4.78, 5) is 32.5. The fraction of sp³-hybridized carbons (Fsp3) is 0.529. The molecular weight excluding hydrogens is 581 g/mol. The molecule has 2 atom stereocenters. The summed E-state index contributed by atoms with van der Waals surface area (Å²) in [5, 5.41) is 12.2. The molecule has 0 aliphatic rings. The highest BCUT2D eigenvalue weighted by molar-refractivity contribution is 7.47. The molecule has 2 unspecified atom stereocenters. The molecule has 10 heteroatoms. The number of esters is 1. The van der Waals surface area contributed by atoms with Gasteiger partial charge < -0.3 is 20.1 Å². The third kappa shape index (κ3) is 30.6. The Balaban J connectivity index is 3.73. The lowest BCUT2D eigenvalue weighted by Crippen LogP contribution is -2.27. The average molecular weight is 636 g/mol. The van der Waals surface area contributed by atoms with Crippen molar-refractivity contribution in [1.29, 1.82) is 0 Å². The first kappa shape index (κ1) is 41.2. The van der Waals surface area contributed by atoms with Gasteiger partial charge in [-0.15, -0.1) is 0 Å². The summed E-state index contributed by atoms with van der Waals surface area (Å²) in [5.74, 6) is -0.680. The Labute approximate surface area is 264 Å². The molecule has 0 aromatic rings. The summed E-state index contributed by atoms with van der Waals surface area (Å²) >= 11 is 0. The Morgan fingerprint density at radius 1 is 0.727 bits per heavy atom. The number of aliphatic hydroxyl groups excluding tert-OH is 1.